The van der Waals surface area contributed by atoms with Crippen molar-refractivity contribution in [2.24, 2.45) is 5.73 Å². The summed E-state index contributed by atoms with van der Waals surface area (Å²) in [7, 11) is 0. The van der Waals surface area contributed by atoms with Gasteiger partial charge in [-0.2, -0.15) is 0 Å². The summed E-state index contributed by atoms with van der Waals surface area (Å²) in [6, 6.07) is 18.2. The second-order valence-corrected chi connectivity index (χ2v) is 6.86. The van der Waals surface area contributed by atoms with E-state index in [-0.39, 0.29) is 5.54 Å². The first-order valence-electron chi connectivity index (χ1n) is 8.44. The van der Waals surface area contributed by atoms with Crippen molar-refractivity contribution >= 4 is 11.0 Å². The van der Waals surface area contributed by atoms with Crippen molar-refractivity contribution in [3.8, 4) is 5.75 Å². The van der Waals surface area contributed by atoms with Crippen molar-refractivity contribution in [1.82, 2.24) is 9.55 Å². The molecule has 24 heavy (non-hydrogen) atoms. The number of aryl methyl sites for hydroxylation is 1. The summed E-state index contributed by atoms with van der Waals surface area (Å²) in [5.41, 5.74) is 8.14. The molecule has 3 aromatic rings. The number of fused-ring (bicyclic) bond motifs is 1. The lowest BCUT2D eigenvalue weighted by Crippen LogP contribution is -2.37. The summed E-state index contributed by atoms with van der Waals surface area (Å²) in [4.78, 5) is 4.79. The van der Waals surface area contributed by atoms with Crippen LogP contribution in [0.2, 0.25) is 0 Å². The molecule has 0 saturated carbocycles. The maximum Gasteiger partial charge on any atom is 0.119 e. The van der Waals surface area contributed by atoms with E-state index in [9.17, 15) is 0 Å². The second-order valence-electron chi connectivity index (χ2n) is 6.86. The van der Waals surface area contributed by atoms with Crippen LogP contribution >= 0.6 is 0 Å². The third-order valence-corrected chi connectivity index (χ3v) is 3.86. The van der Waals surface area contributed by atoms with Gasteiger partial charge >= 0.3 is 0 Å². The fourth-order valence-electron chi connectivity index (χ4n) is 2.84. The van der Waals surface area contributed by atoms with Crippen molar-refractivity contribution in [2.75, 3.05) is 6.61 Å². The summed E-state index contributed by atoms with van der Waals surface area (Å²) < 4.78 is 8.03. The van der Waals surface area contributed by atoms with Gasteiger partial charge in [0.15, 0.2) is 0 Å². The molecule has 0 aliphatic rings. The van der Waals surface area contributed by atoms with Gasteiger partial charge < -0.3 is 15.0 Å². The highest BCUT2D eigenvalue weighted by Crippen LogP contribution is 2.19. The van der Waals surface area contributed by atoms with E-state index in [4.69, 9.17) is 15.5 Å². The number of hydrogen-bond donors (Lipinski definition) is 1. The van der Waals surface area contributed by atoms with Gasteiger partial charge in [-0.05, 0) is 44.5 Å². The highest BCUT2D eigenvalue weighted by molar-refractivity contribution is 5.75. The Balaban J connectivity index is 1.70. The van der Waals surface area contributed by atoms with E-state index >= 15 is 0 Å². The molecule has 0 atom stereocenters. The molecule has 2 N–H and O–H groups in total. The predicted octanol–water partition coefficient (Wildman–Crippen LogP) is 3.79. The largest absolute Gasteiger partial charge is 0.494 e. The molecule has 2 aromatic carbocycles. The Morgan fingerprint density at radius 3 is 2.50 bits per heavy atom. The van der Waals surface area contributed by atoms with Gasteiger partial charge in [0.25, 0.3) is 0 Å². The first-order chi connectivity index (χ1) is 11.5. The molecule has 0 radical (unpaired) electrons. The highest BCUT2D eigenvalue weighted by atomic mass is 16.5. The van der Waals surface area contributed by atoms with Gasteiger partial charge in [0.05, 0.1) is 17.6 Å². The number of para-hydroxylation sites is 3. The SMILES string of the molecule is CC(C)(N)Cn1c(CCCOc2ccccc2)nc2ccccc21. The van der Waals surface area contributed by atoms with Crippen LogP contribution < -0.4 is 10.5 Å². The number of ether oxygens (including phenoxy) is 1. The molecule has 0 bridgehead atoms. The topological polar surface area (TPSA) is 53.1 Å². The molecule has 4 heteroatoms. The number of nitrogens with two attached hydrogens (primary N) is 1. The van der Waals surface area contributed by atoms with Crippen molar-refractivity contribution in [1.29, 1.82) is 0 Å². The fraction of sp³-hybridized carbons (Fsp3) is 0.350. The lowest BCUT2D eigenvalue weighted by Gasteiger charge is -2.21. The number of aromatic nitrogens is 2. The molecule has 4 nitrogen and oxygen atoms in total. The van der Waals surface area contributed by atoms with Crippen LogP contribution in [0.5, 0.6) is 5.75 Å². The fourth-order valence-corrected chi connectivity index (χ4v) is 2.84. The molecular weight excluding hydrogens is 298 g/mol. The first kappa shape index (κ1) is 16.5. The Morgan fingerprint density at radius 2 is 1.75 bits per heavy atom. The number of imidazole rings is 1. The van der Waals surface area contributed by atoms with Gasteiger partial charge in [-0.1, -0.05) is 30.3 Å². The zero-order valence-corrected chi connectivity index (χ0v) is 14.4. The Bertz CT molecular complexity index is 787. The van der Waals surface area contributed by atoms with E-state index in [0.29, 0.717) is 6.61 Å². The van der Waals surface area contributed by atoms with Crippen molar-refractivity contribution in [3.05, 3.63) is 60.4 Å². The smallest absolute Gasteiger partial charge is 0.119 e. The molecule has 3 rings (SSSR count). The third kappa shape index (κ3) is 4.15. The zero-order chi connectivity index (χ0) is 17.0. The van der Waals surface area contributed by atoms with E-state index in [0.717, 1.165) is 42.0 Å². The molecule has 1 aromatic heterocycles. The van der Waals surface area contributed by atoms with Crippen LogP contribution in [0.25, 0.3) is 11.0 Å². The van der Waals surface area contributed by atoms with E-state index in [1.54, 1.807) is 0 Å². The highest BCUT2D eigenvalue weighted by Gasteiger charge is 2.17. The average molecular weight is 323 g/mol. The minimum absolute atomic E-state index is 0.279. The number of rotatable bonds is 7. The van der Waals surface area contributed by atoms with Crippen LogP contribution in [0.4, 0.5) is 0 Å². The second kappa shape index (κ2) is 7.05. The number of benzene rings is 2. The number of hydrogen-bond acceptors (Lipinski definition) is 3. The summed E-state index contributed by atoms with van der Waals surface area (Å²) in [5, 5.41) is 0. The lowest BCUT2D eigenvalue weighted by atomic mass is 10.1. The molecule has 0 fully saturated rings. The van der Waals surface area contributed by atoms with Crippen molar-refractivity contribution < 1.29 is 4.74 Å². The first-order valence-corrected chi connectivity index (χ1v) is 8.44. The van der Waals surface area contributed by atoms with Gasteiger partial charge in [0.1, 0.15) is 11.6 Å². The van der Waals surface area contributed by atoms with Gasteiger partial charge in [0, 0.05) is 18.5 Å². The summed E-state index contributed by atoms with van der Waals surface area (Å²) in [6.45, 7) is 5.52. The van der Waals surface area contributed by atoms with Crippen LogP contribution in [0.3, 0.4) is 0 Å². The minimum Gasteiger partial charge on any atom is -0.494 e. The van der Waals surface area contributed by atoms with Crippen LogP contribution in [-0.2, 0) is 13.0 Å². The van der Waals surface area contributed by atoms with E-state index in [2.05, 4.69) is 16.7 Å². The molecule has 0 saturated heterocycles. The summed E-state index contributed by atoms with van der Waals surface area (Å²) in [6.07, 6.45) is 1.79. The lowest BCUT2D eigenvalue weighted by molar-refractivity contribution is 0.308. The van der Waals surface area contributed by atoms with E-state index in [1.807, 2.05) is 56.3 Å². The van der Waals surface area contributed by atoms with Crippen LogP contribution in [0.1, 0.15) is 26.1 Å². The molecule has 126 valence electrons. The number of nitrogens with zero attached hydrogens (tertiary/aromatic N) is 2. The maximum atomic E-state index is 6.24. The molecular formula is C20H25N3O. The monoisotopic (exact) mass is 323 g/mol. The molecule has 0 spiro atoms. The Hall–Kier alpha value is -2.33. The van der Waals surface area contributed by atoms with Gasteiger partial charge in [0.2, 0.25) is 0 Å². The minimum atomic E-state index is -0.279. The van der Waals surface area contributed by atoms with Crippen LogP contribution in [0, 0.1) is 0 Å². The summed E-state index contributed by atoms with van der Waals surface area (Å²) in [5.74, 6) is 1.99. The van der Waals surface area contributed by atoms with E-state index in [1.165, 1.54) is 0 Å². The normalized spacial score (nSPS) is 11.8. The van der Waals surface area contributed by atoms with Crippen molar-refractivity contribution in [2.45, 2.75) is 38.8 Å². The average Bonchev–Trinajstić information content (AvgIpc) is 2.89. The molecule has 0 aliphatic carbocycles. The zero-order valence-electron chi connectivity index (χ0n) is 14.4. The Morgan fingerprint density at radius 1 is 1.04 bits per heavy atom. The van der Waals surface area contributed by atoms with E-state index < -0.39 is 0 Å². The van der Waals surface area contributed by atoms with Gasteiger partial charge in [-0.3, -0.25) is 0 Å². The molecule has 0 aliphatic heterocycles. The molecule has 0 unspecified atom stereocenters. The van der Waals surface area contributed by atoms with Crippen LogP contribution in [-0.4, -0.2) is 21.7 Å². The third-order valence-electron chi connectivity index (χ3n) is 3.86. The summed E-state index contributed by atoms with van der Waals surface area (Å²) >= 11 is 0. The predicted molar refractivity (Wildman–Crippen MR) is 98.3 cm³/mol. The Kier molecular flexibility index (Phi) is 4.86. The van der Waals surface area contributed by atoms with Gasteiger partial charge in [-0.15, -0.1) is 0 Å². The maximum absolute atomic E-state index is 6.24. The molecule has 1 heterocycles. The van der Waals surface area contributed by atoms with Crippen LogP contribution in [0.15, 0.2) is 54.6 Å². The Labute approximate surface area is 143 Å². The quantitative estimate of drug-likeness (QED) is 0.673. The molecule has 0 amide bonds. The standard InChI is InChI=1S/C20H25N3O/c1-20(2,21)15-23-18-12-7-6-11-17(18)22-19(23)13-8-14-24-16-9-4-3-5-10-16/h3-7,9-12H,8,13-15,21H2,1-2H3. The van der Waals surface area contributed by atoms with Crippen molar-refractivity contribution in [3.63, 3.8) is 0 Å². The van der Waals surface area contributed by atoms with Gasteiger partial charge in [-0.25, -0.2) is 4.98 Å².